The molecule has 1 aromatic carbocycles. The monoisotopic (exact) mass is 316 g/mol. The van der Waals surface area contributed by atoms with Crippen LogP contribution in [0.3, 0.4) is 0 Å². The Morgan fingerprint density at radius 3 is 2.83 bits per heavy atom. The van der Waals surface area contributed by atoms with E-state index in [0.717, 1.165) is 37.0 Å². The first-order chi connectivity index (χ1) is 8.72. The number of benzene rings is 1. The van der Waals surface area contributed by atoms with Gasteiger partial charge in [-0.05, 0) is 37.5 Å². The molecule has 100 valence electrons. The van der Waals surface area contributed by atoms with Crippen LogP contribution in [0, 0.1) is 5.82 Å². The van der Waals surface area contributed by atoms with Crippen molar-refractivity contribution >= 4 is 15.9 Å². The summed E-state index contributed by atoms with van der Waals surface area (Å²) in [7, 11) is 1.74. The van der Waals surface area contributed by atoms with E-state index in [0.29, 0.717) is 5.33 Å². The van der Waals surface area contributed by atoms with Crippen molar-refractivity contribution in [3.05, 3.63) is 29.6 Å². The SMILES string of the molecule is COC1CCCC(Oc2ccc(F)cc2CBr)C1. The molecule has 1 saturated carbocycles. The van der Waals surface area contributed by atoms with Gasteiger partial charge in [0.2, 0.25) is 0 Å². The van der Waals surface area contributed by atoms with Crippen LogP contribution < -0.4 is 4.74 Å². The highest BCUT2D eigenvalue weighted by Crippen LogP contribution is 2.28. The van der Waals surface area contributed by atoms with Crippen LogP contribution in [0.25, 0.3) is 0 Å². The zero-order valence-electron chi connectivity index (χ0n) is 10.5. The van der Waals surface area contributed by atoms with Crippen molar-refractivity contribution in [2.45, 2.75) is 43.2 Å². The zero-order valence-corrected chi connectivity index (χ0v) is 12.1. The lowest BCUT2D eigenvalue weighted by Gasteiger charge is -2.29. The molecule has 18 heavy (non-hydrogen) atoms. The van der Waals surface area contributed by atoms with Gasteiger partial charge in [0.15, 0.2) is 0 Å². The highest BCUT2D eigenvalue weighted by atomic mass is 79.9. The average Bonchev–Trinajstić information content (AvgIpc) is 2.41. The maximum atomic E-state index is 13.1. The standard InChI is InChI=1S/C14H18BrFO2/c1-17-12-3-2-4-13(8-12)18-14-6-5-11(16)7-10(14)9-15/h5-7,12-13H,2-4,8-9H2,1H3. The van der Waals surface area contributed by atoms with Crippen molar-refractivity contribution in [1.82, 2.24) is 0 Å². The highest BCUT2D eigenvalue weighted by molar-refractivity contribution is 9.08. The van der Waals surface area contributed by atoms with Gasteiger partial charge in [-0.3, -0.25) is 0 Å². The molecule has 0 spiro atoms. The van der Waals surface area contributed by atoms with Crippen LogP contribution in [0.1, 0.15) is 31.2 Å². The average molecular weight is 317 g/mol. The summed E-state index contributed by atoms with van der Waals surface area (Å²) in [5.41, 5.74) is 0.856. The second-order valence-electron chi connectivity index (χ2n) is 4.65. The van der Waals surface area contributed by atoms with Crippen LogP contribution in [-0.2, 0) is 10.1 Å². The van der Waals surface area contributed by atoms with E-state index < -0.39 is 0 Å². The molecule has 2 unspecified atom stereocenters. The molecule has 0 heterocycles. The normalized spacial score (nSPS) is 23.9. The lowest BCUT2D eigenvalue weighted by molar-refractivity contribution is 0.0207. The van der Waals surface area contributed by atoms with Gasteiger partial charge in [0.25, 0.3) is 0 Å². The molecule has 2 atom stereocenters. The van der Waals surface area contributed by atoms with E-state index in [1.165, 1.54) is 12.1 Å². The summed E-state index contributed by atoms with van der Waals surface area (Å²) in [5, 5.41) is 0.598. The predicted molar refractivity (Wildman–Crippen MR) is 72.7 cm³/mol. The van der Waals surface area contributed by atoms with Gasteiger partial charge in [-0.15, -0.1) is 0 Å². The minimum atomic E-state index is -0.227. The molecule has 1 aromatic rings. The summed E-state index contributed by atoms with van der Waals surface area (Å²) in [4.78, 5) is 0. The molecular weight excluding hydrogens is 299 g/mol. The molecule has 4 heteroatoms. The van der Waals surface area contributed by atoms with Gasteiger partial charge in [-0.2, -0.15) is 0 Å². The van der Waals surface area contributed by atoms with Crippen molar-refractivity contribution < 1.29 is 13.9 Å². The van der Waals surface area contributed by atoms with Gasteiger partial charge in [-0.1, -0.05) is 15.9 Å². The Hall–Kier alpha value is -0.610. The van der Waals surface area contributed by atoms with Crippen molar-refractivity contribution in [2.24, 2.45) is 0 Å². The molecule has 1 fully saturated rings. The van der Waals surface area contributed by atoms with Crippen molar-refractivity contribution in [1.29, 1.82) is 0 Å². The number of methoxy groups -OCH3 is 1. The lowest BCUT2D eigenvalue weighted by atomic mass is 9.95. The first-order valence-corrected chi connectivity index (χ1v) is 7.39. The number of hydrogen-bond acceptors (Lipinski definition) is 2. The Kier molecular flexibility index (Phi) is 5.01. The molecule has 0 saturated heterocycles. The predicted octanol–water partition coefficient (Wildman–Crippen LogP) is 4.06. The van der Waals surface area contributed by atoms with Gasteiger partial charge in [0.05, 0.1) is 6.10 Å². The van der Waals surface area contributed by atoms with E-state index in [2.05, 4.69) is 15.9 Å². The Morgan fingerprint density at radius 1 is 1.33 bits per heavy atom. The van der Waals surface area contributed by atoms with Crippen LogP contribution in [0.5, 0.6) is 5.75 Å². The molecule has 0 N–H and O–H groups in total. The number of ether oxygens (including phenoxy) is 2. The van der Waals surface area contributed by atoms with Gasteiger partial charge in [-0.25, -0.2) is 4.39 Å². The van der Waals surface area contributed by atoms with E-state index >= 15 is 0 Å². The van der Waals surface area contributed by atoms with Crippen LogP contribution >= 0.6 is 15.9 Å². The van der Waals surface area contributed by atoms with Gasteiger partial charge in [0, 0.05) is 24.4 Å². The fourth-order valence-electron chi connectivity index (χ4n) is 2.37. The van der Waals surface area contributed by atoms with E-state index in [1.54, 1.807) is 13.2 Å². The summed E-state index contributed by atoms with van der Waals surface area (Å²) in [6.45, 7) is 0. The third-order valence-corrected chi connectivity index (χ3v) is 3.98. The second-order valence-corrected chi connectivity index (χ2v) is 5.21. The maximum Gasteiger partial charge on any atom is 0.123 e. The van der Waals surface area contributed by atoms with Crippen molar-refractivity contribution in [3.63, 3.8) is 0 Å². The Morgan fingerprint density at radius 2 is 2.11 bits per heavy atom. The lowest BCUT2D eigenvalue weighted by Crippen LogP contribution is -2.29. The largest absolute Gasteiger partial charge is 0.490 e. The van der Waals surface area contributed by atoms with E-state index in [1.807, 2.05) is 0 Å². The fraction of sp³-hybridized carbons (Fsp3) is 0.571. The third kappa shape index (κ3) is 3.45. The Bertz CT molecular complexity index is 397. The van der Waals surface area contributed by atoms with E-state index in [4.69, 9.17) is 9.47 Å². The molecule has 2 nitrogen and oxygen atoms in total. The summed E-state index contributed by atoms with van der Waals surface area (Å²) in [5.74, 6) is 0.547. The van der Waals surface area contributed by atoms with Gasteiger partial charge >= 0.3 is 0 Å². The second kappa shape index (κ2) is 6.53. The quantitative estimate of drug-likeness (QED) is 0.780. The molecule has 0 bridgehead atoms. The van der Waals surface area contributed by atoms with Crippen LogP contribution in [0.4, 0.5) is 4.39 Å². The van der Waals surface area contributed by atoms with Crippen LogP contribution in [-0.4, -0.2) is 19.3 Å². The molecule has 1 aliphatic rings. The summed E-state index contributed by atoms with van der Waals surface area (Å²) < 4.78 is 24.5. The molecular formula is C14H18BrFO2. The van der Waals surface area contributed by atoms with E-state index in [-0.39, 0.29) is 18.0 Å². The topological polar surface area (TPSA) is 18.5 Å². The summed E-state index contributed by atoms with van der Waals surface area (Å²) >= 11 is 3.36. The molecule has 0 aromatic heterocycles. The van der Waals surface area contributed by atoms with E-state index in [9.17, 15) is 4.39 Å². The maximum absolute atomic E-state index is 13.1. The van der Waals surface area contributed by atoms with Crippen LogP contribution in [0.15, 0.2) is 18.2 Å². The number of halogens is 2. The molecule has 0 radical (unpaired) electrons. The number of alkyl halides is 1. The van der Waals surface area contributed by atoms with Crippen LogP contribution in [0.2, 0.25) is 0 Å². The zero-order chi connectivity index (χ0) is 13.0. The Labute approximate surface area is 116 Å². The number of rotatable bonds is 4. The Balaban J connectivity index is 2.04. The van der Waals surface area contributed by atoms with Gasteiger partial charge in [0.1, 0.15) is 17.7 Å². The third-order valence-electron chi connectivity index (χ3n) is 3.37. The summed E-state index contributed by atoms with van der Waals surface area (Å²) in [6.07, 6.45) is 4.64. The molecule has 1 aliphatic carbocycles. The smallest absolute Gasteiger partial charge is 0.123 e. The highest BCUT2D eigenvalue weighted by Gasteiger charge is 2.23. The molecule has 2 rings (SSSR count). The molecule has 0 amide bonds. The first kappa shape index (κ1) is 13.8. The van der Waals surface area contributed by atoms with Crippen molar-refractivity contribution in [2.75, 3.05) is 7.11 Å². The molecule has 0 aliphatic heterocycles. The summed E-state index contributed by atoms with van der Waals surface area (Å²) in [6, 6.07) is 4.67. The number of hydrogen-bond donors (Lipinski definition) is 0. The first-order valence-electron chi connectivity index (χ1n) is 6.26. The minimum Gasteiger partial charge on any atom is -0.490 e. The van der Waals surface area contributed by atoms with Crippen molar-refractivity contribution in [3.8, 4) is 5.75 Å². The fourth-order valence-corrected chi connectivity index (χ4v) is 2.81. The minimum absolute atomic E-state index is 0.173. The van der Waals surface area contributed by atoms with Gasteiger partial charge < -0.3 is 9.47 Å².